The van der Waals surface area contributed by atoms with Gasteiger partial charge in [0.2, 0.25) is 5.78 Å². The second-order valence-corrected chi connectivity index (χ2v) is 11.2. The molecule has 3 aliphatic heterocycles. The number of quaternary nitrogens is 1. The van der Waals surface area contributed by atoms with Crippen LogP contribution in [0.1, 0.15) is 39.7 Å². The van der Waals surface area contributed by atoms with Crippen molar-refractivity contribution in [2.45, 2.75) is 25.0 Å². The molecule has 0 aliphatic carbocycles. The quantitative estimate of drug-likeness (QED) is 0.200. The fourth-order valence-electron chi connectivity index (χ4n) is 5.34. The molecular formula is C27H25ClF2NO4S+. The van der Waals surface area contributed by atoms with E-state index in [2.05, 4.69) is 0 Å². The highest BCUT2D eigenvalue weighted by Gasteiger charge is 2.49. The Bertz CT molecular complexity index is 1230. The monoisotopic (exact) mass is 532 g/mol. The Kier molecular flexibility index (Phi) is 7.10. The van der Waals surface area contributed by atoms with Crippen LogP contribution in [-0.2, 0) is 9.47 Å². The highest BCUT2D eigenvalue weighted by Crippen LogP contribution is 2.37. The van der Waals surface area contributed by atoms with Gasteiger partial charge in [0.15, 0.2) is 12.2 Å². The fourth-order valence-corrected chi connectivity index (χ4v) is 6.31. The number of benzene rings is 2. The van der Waals surface area contributed by atoms with Crippen LogP contribution in [0.25, 0.3) is 0 Å². The summed E-state index contributed by atoms with van der Waals surface area (Å²) >= 11 is 7.27. The van der Waals surface area contributed by atoms with Gasteiger partial charge >= 0.3 is 6.16 Å². The molecule has 0 radical (unpaired) electrons. The topological polar surface area (TPSA) is 52.6 Å². The van der Waals surface area contributed by atoms with E-state index in [1.54, 1.807) is 24.3 Å². The van der Waals surface area contributed by atoms with Crippen LogP contribution in [0.4, 0.5) is 13.6 Å². The lowest BCUT2D eigenvalue weighted by Crippen LogP contribution is -2.65. The van der Waals surface area contributed by atoms with Crippen molar-refractivity contribution in [1.82, 2.24) is 0 Å². The third kappa shape index (κ3) is 5.45. The molecule has 3 saturated heterocycles. The van der Waals surface area contributed by atoms with Crippen molar-refractivity contribution in [2.24, 2.45) is 5.92 Å². The zero-order valence-corrected chi connectivity index (χ0v) is 20.9. The predicted octanol–water partition coefficient (Wildman–Crippen LogP) is 6.41. The van der Waals surface area contributed by atoms with Crippen LogP contribution in [0, 0.1) is 17.6 Å². The molecule has 3 aromatic rings. The number of hydrogen-bond donors (Lipinski definition) is 0. The van der Waals surface area contributed by atoms with E-state index in [0.717, 1.165) is 25.9 Å². The minimum absolute atomic E-state index is 0.0332. The van der Waals surface area contributed by atoms with E-state index in [4.69, 9.17) is 21.1 Å². The Morgan fingerprint density at radius 3 is 2.19 bits per heavy atom. The molecule has 2 aromatic carbocycles. The maximum Gasteiger partial charge on any atom is 0.509 e. The highest BCUT2D eigenvalue weighted by molar-refractivity contribution is 7.18. The molecule has 0 N–H and O–H groups in total. The third-order valence-corrected chi connectivity index (χ3v) is 8.41. The lowest BCUT2D eigenvalue weighted by Gasteiger charge is -2.51. The molecule has 6 rings (SSSR count). The van der Waals surface area contributed by atoms with E-state index in [1.807, 2.05) is 0 Å². The summed E-state index contributed by atoms with van der Waals surface area (Å²) in [7, 11) is 0. The molecule has 1 aromatic heterocycles. The van der Waals surface area contributed by atoms with Crippen molar-refractivity contribution in [3.05, 3.63) is 92.6 Å². The summed E-state index contributed by atoms with van der Waals surface area (Å²) in [6.45, 7) is 2.54. The standard InChI is InChI=1S/C27H25ClF2NO4S/c28-25-8-7-24(36-25)22(32)15-31-11-9-17(10-12-31)23(16-31)34-27(33)35-26(18-3-1-5-20(29)13-18)19-4-2-6-21(30)14-19/h1-8,13-14,17,23,26H,9-12,15-16H2/q+1. The molecule has 4 heterocycles. The van der Waals surface area contributed by atoms with Crippen molar-refractivity contribution in [2.75, 3.05) is 26.2 Å². The molecule has 1 atom stereocenters. The number of Topliss-reactive ketones (excluding diaryl/α,β-unsaturated/α-hetero) is 1. The van der Waals surface area contributed by atoms with E-state index in [1.165, 1.54) is 47.7 Å². The first-order chi connectivity index (χ1) is 17.3. The summed E-state index contributed by atoms with van der Waals surface area (Å²) in [5.41, 5.74) is 0.741. The van der Waals surface area contributed by atoms with E-state index in [-0.39, 0.29) is 11.7 Å². The van der Waals surface area contributed by atoms with Gasteiger partial charge in [-0.1, -0.05) is 35.9 Å². The molecule has 3 fully saturated rings. The molecule has 1 unspecified atom stereocenters. The predicted molar refractivity (Wildman–Crippen MR) is 132 cm³/mol. The first-order valence-corrected chi connectivity index (χ1v) is 13.0. The van der Waals surface area contributed by atoms with Crippen molar-refractivity contribution < 1.29 is 32.3 Å². The molecule has 0 spiro atoms. The second-order valence-electron chi connectivity index (χ2n) is 9.51. The lowest BCUT2D eigenvalue weighted by molar-refractivity contribution is -0.938. The Morgan fingerprint density at radius 2 is 1.64 bits per heavy atom. The summed E-state index contributed by atoms with van der Waals surface area (Å²) in [5.74, 6) is -0.769. The molecule has 3 aliphatic rings. The van der Waals surface area contributed by atoms with E-state index >= 15 is 0 Å². The largest absolute Gasteiger partial charge is 0.509 e. The molecule has 2 bridgehead atoms. The third-order valence-electron chi connectivity index (χ3n) is 7.13. The lowest BCUT2D eigenvalue weighted by atomic mass is 9.83. The Balaban J connectivity index is 1.30. The number of piperidine rings is 3. The fraction of sp³-hybridized carbons (Fsp3) is 0.333. The van der Waals surface area contributed by atoms with Crippen molar-refractivity contribution in [3.8, 4) is 0 Å². The number of carbonyl (C=O) groups excluding carboxylic acids is 2. The molecule has 36 heavy (non-hydrogen) atoms. The number of carbonyl (C=O) groups is 2. The average molecular weight is 533 g/mol. The summed E-state index contributed by atoms with van der Waals surface area (Å²) in [6, 6.07) is 14.8. The number of nitrogens with zero attached hydrogens (tertiary/aromatic N) is 1. The van der Waals surface area contributed by atoms with E-state index < -0.39 is 30.0 Å². The zero-order valence-electron chi connectivity index (χ0n) is 19.4. The van der Waals surface area contributed by atoms with Crippen LogP contribution in [0.3, 0.4) is 0 Å². The molecule has 9 heteroatoms. The van der Waals surface area contributed by atoms with Gasteiger partial charge in [0.25, 0.3) is 0 Å². The highest BCUT2D eigenvalue weighted by atomic mass is 35.5. The molecule has 5 nitrogen and oxygen atoms in total. The molecule has 0 saturated carbocycles. The zero-order chi connectivity index (χ0) is 25.3. The smallest absolute Gasteiger partial charge is 0.425 e. The number of halogens is 3. The average Bonchev–Trinajstić information content (AvgIpc) is 3.29. The van der Waals surface area contributed by atoms with Gasteiger partial charge in [0, 0.05) is 29.9 Å². The first kappa shape index (κ1) is 24.9. The number of ketones is 1. The maximum absolute atomic E-state index is 13.9. The number of rotatable bonds is 7. The van der Waals surface area contributed by atoms with Crippen molar-refractivity contribution in [3.63, 3.8) is 0 Å². The molecular weight excluding hydrogens is 508 g/mol. The minimum atomic E-state index is -1.03. The van der Waals surface area contributed by atoms with Crippen LogP contribution in [0.15, 0.2) is 60.7 Å². The molecule has 0 amide bonds. The van der Waals surface area contributed by atoms with Crippen LogP contribution in [0.2, 0.25) is 4.34 Å². The van der Waals surface area contributed by atoms with Crippen molar-refractivity contribution in [1.29, 1.82) is 0 Å². The van der Waals surface area contributed by atoms with Crippen molar-refractivity contribution >= 4 is 34.9 Å². The minimum Gasteiger partial charge on any atom is -0.425 e. The Morgan fingerprint density at radius 1 is 1.00 bits per heavy atom. The van der Waals surface area contributed by atoms with Gasteiger partial charge in [0.05, 0.1) is 22.3 Å². The SMILES string of the molecule is O=C(OC(c1cccc(F)c1)c1cccc(F)c1)OC1C[N+]2(CC(=O)c3ccc(Cl)s3)CCC1CC2. The van der Waals surface area contributed by atoms with E-state index in [9.17, 15) is 18.4 Å². The molecule has 188 valence electrons. The van der Waals surface area contributed by atoms with Gasteiger partial charge in [-0.2, -0.15) is 0 Å². The van der Waals surface area contributed by atoms with Gasteiger partial charge in [-0.05, 0) is 36.4 Å². The van der Waals surface area contributed by atoms with Crippen LogP contribution in [-0.4, -0.2) is 48.7 Å². The summed E-state index contributed by atoms with van der Waals surface area (Å²) in [6.07, 6.45) is -0.651. The summed E-state index contributed by atoms with van der Waals surface area (Å²) < 4.78 is 40.4. The Hall–Kier alpha value is -2.81. The van der Waals surface area contributed by atoms with Crippen LogP contribution in [0.5, 0.6) is 0 Å². The first-order valence-electron chi connectivity index (χ1n) is 11.8. The van der Waals surface area contributed by atoms with Gasteiger partial charge in [-0.15, -0.1) is 11.3 Å². The maximum atomic E-state index is 13.9. The van der Waals surface area contributed by atoms with Gasteiger partial charge in [-0.25, -0.2) is 13.6 Å². The van der Waals surface area contributed by atoms with Crippen LogP contribution < -0.4 is 0 Å². The van der Waals surface area contributed by atoms with Gasteiger partial charge in [-0.3, -0.25) is 4.79 Å². The number of ether oxygens (including phenoxy) is 2. The normalized spacial score (nSPS) is 23.0. The number of thiophene rings is 1. The summed E-state index contributed by atoms with van der Waals surface area (Å²) in [5, 5.41) is 0. The number of fused-ring (bicyclic) bond motifs is 3. The summed E-state index contributed by atoms with van der Waals surface area (Å²) in [4.78, 5) is 26.5. The van der Waals surface area contributed by atoms with Gasteiger partial charge < -0.3 is 14.0 Å². The van der Waals surface area contributed by atoms with E-state index in [0.29, 0.717) is 37.9 Å². The van der Waals surface area contributed by atoms with Gasteiger partial charge in [0.1, 0.15) is 24.7 Å². The second kappa shape index (κ2) is 10.3. The van der Waals surface area contributed by atoms with Crippen LogP contribution >= 0.6 is 22.9 Å². The Labute approximate surface area is 216 Å². The number of hydrogen-bond acceptors (Lipinski definition) is 5.